The molecule has 0 bridgehead atoms. The molecule has 4 heterocycles. The number of aryl methyl sites for hydroxylation is 1. The van der Waals surface area contributed by atoms with Crippen LogP contribution in [0.25, 0.3) is 11.1 Å². The predicted molar refractivity (Wildman–Crippen MR) is 181 cm³/mol. The number of rotatable bonds is 6. The molecule has 0 saturated carbocycles. The second kappa shape index (κ2) is 12.7. The zero-order chi connectivity index (χ0) is 33.4. The molecule has 4 amide bonds. The van der Waals surface area contributed by atoms with Crippen molar-refractivity contribution in [2.45, 2.75) is 59.0 Å². The number of urea groups is 1. The Bertz CT molecular complexity index is 1620. The maximum absolute atomic E-state index is 13.9. The Morgan fingerprint density at radius 3 is 2.46 bits per heavy atom. The molecule has 2 aliphatic heterocycles. The van der Waals surface area contributed by atoms with Gasteiger partial charge in [-0.2, -0.15) is 0 Å². The highest BCUT2D eigenvalue weighted by Gasteiger charge is 2.44. The predicted octanol–water partition coefficient (Wildman–Crippen LogP) is 5.60. The van der Waals surface area contributed by atoms with Crippen molar-refractivity contribution in [3.05, 3.63) is 69.5 Å². The number of hydroxylamine groups is 3. The first-order chi connectivity index (χ1) is 21.6. The summed E-state index contributed by atoms with van der Waals surface area (Å²) >= 11 is 1.36. The van der Waals surface area contributed by atoms with Crippen LogP contribution in [-0.4, -0.2) is 89.3 Å². The lowest BCUT2D eigenvalue weighted by Gasteiger charge is -2.44. The SMILES string of the molecule is Cc1ccc(NC(=O)Nc2sc(C(C)(C)C)cc2C(=O)N2CCN(C)C(=O)C2(C)C)cc1-c1ccc(C[N+]2([O-])CCOCC2)nc1. The lowest BCUT2D eigenvalue weighted by Crippen LogP contribution is -2.63. The van der Waals surface area contributed by atoms with Gasteiger partial charge in [-0.15, -0.1) is 11.3 Å². The lowest BCUT2D eigenvalue weighted by molar-refractivity contribution is -0.901. The number of ether oxygens (including phenoxy) is 1. The Hall–Kier alpha value is -3.84. The van der Waals surface area contributed by atoms with Crippen LogP contribution in [0.3, 0.4) is 0 Å². The molecule has 46 heavy (non-hydrogen) atoms. The van der Waals surface area contributed by atoms with E-state index in [9.17, 15) is 19.6 Å². The minimum atomic E-state index is -1.01. The number of nitrogens with one attached hydrogen (secondary N) is 2. The Labute approximate surface area is 274 Å². The van der Waals surface area contributed by atoms with E-state index in [2.05, 4.69) is 36.4 Å². The van der Waals surface area contributed by atoms with Gasteiger partial charge >= 0.3 is 6.03 Å². The summed E-state index contributed by atoms with van der Waals surface area (Å²) in [6, 6.07) is 10.8. The summed E-state index contributed by atoms with van der Waals surface area (Å²) in [6.07, 6.45) is 1.76. The van der Waals surface area contributed by atoms with E-state index in [1.165, 1.54) is 11.3 Å². The molecule has 2 aliphatic rings. The van der Waals surface area contributed by atoms with Crippen molar-refractivity contribution in [2.24, 2.45) is 0 Å². The molecule has 11 nitrogen and oxygen atoms in total. The van der Waals surface area contributed by atoms with Gasteiger partial charge in [0.15, 0.2) is 0 Å². The van der Waals surface area contributed by atoms with Crippen LogP contribution in [0.2, 0.25) is 0 Å². The van der Waals surface area contributed by atoms with E-state index in [0.29, 0.717) is 62.2 Å². The Morgan fingerprint density at radius 2 is 1.80 bits per heavy atom. The topological polar surface area (TPSA) is 127 Å². The second-order valence-electron chi connectivity index (χ2n) is 13.8. The van der Waals surface area contributed by atoms with E-state index in [-0.39, 0.29) is 21.9 Å². The third kappa shape index (κ3) is 7.10. The third-order valence-corrected chi connectivity index (χ3v) is 10.2. The number of pyridine rings is 1. The molecule has 1 aromatic carbocycles. The van der Waals surface area contributed by atoms with Crippen LogP contribution < -0.4 is 10.6 Å². The molecule has 2 N–H and O–H groups in total. The van der Waals surface area contributed by atoms with Crippen molar-refractivity contribution in [3.8, 4) is 11.1 Å². The summed E-state index contributed by atoms with van der Waals surface area (Å²) in [5, 5.41) is 19.2. The van der Waals surface area contributed by atoms with Crippen LogP contribution in [0.1, 0.15) is 61.1 Å². The Balaban J connectivity index is 1.33. The summed E-state index contributed by atoms with van der Waals surface area (Å²) in [5.41, 5.74) is 3.18. The van der Waals surface area contributed by atoms with Crippen molar-refractivity contribution in [3.63, 3.8) is 0 Å². The van der Waals surface area contributed by atoms with Crippen molar-refractivity contribution in [2.75, 3.05) is 57.1 Å². The zero-order valence-electron chi connectivity index (χ0n) is 27.7. The Morgan fingerprint density at radius 1 is 1.09 bits per heavy atom. The van der Waals surface area contributed by atoms with Gasteiger partial charge in [0.2, 0.25) is 5.91 Å². The minimum absolute atomic E-state index is 0.126. The molecule has 0 aliphatic carbocycles. The molecule has 0 atom stereocenters. The number of morpholine rings is 1. The van der Waals surface area contributed by atoms with Crippen LogP contribution in [0.15, 0.2) is 42.6 Å². The quantitative estimate of drug-likeness (QED) is 0.265. The van der Waals surface area contributed by atoms with E-state index in [1.54, 1.807) is 36.9 Å². The number of hydrogen-bond donors (Lipinski definition) is 2. The number of quaternary nitrogens is 1. The van der Waals surface area contributed by atoms with E-state index >= 15 is 0 Å². The summed E-state index contributed by atoms with van der Waals surface area (Å²) in [6.45, 7) is 14.6. The Kier molecular flexibility index (Phi) is 9.29. The standard InChI is InChI=1S/C34H44N6O5S/c1-22-8-10-24(18-26(22)23-9-11-25(35-20-23)21-40(44)14-16-45-17-15-40)36-32(43)37-29-27(19-28(46-29)33(2,3)4)30(41)39-13-12-38(7)31(42)34(39,5)6/h8-11,18-20H,12-17,21H2,1-7H3,(H2,36,37,43). The monoisotopic (exact) mass is 648 g/mol. The second-order valence-corrected chi connectivity index (χ2v) is 14.8. The van der Waals surface area contributed by atoms with Crippen molar-refractivity contribution >= 4 is 39.9 Å². The van der Waals surface area contributed by atoms with Gasteiger partial charge in [-0.05, 0) is 61.6 Å². The normalized spacial score (nSPS) is 18.0. The number of amides is 4. The zero-order valence-corrected chi connectivity index (χ0v) is 28.5. The van der Waals surface area contributed by atoms with Gasteiger partial charge < -0.3 is 29.7 Å². The molecular formula is C34H44N6O5S. The first-order valence-corrected chi connectivity index (χ1v) is 16.4. The fourth-order valence-electron chi connectivity index (χ4n) is 5.81. The van der Waals surface area contributed by atoms with Crippen LogP contribution >= 0.6 is 11.3 Å². The molecule has 0 unspecified atom stereocenters. The molecule has 246 valence electrons. The number of piperazine rings is 1. The number of nitrogens with zero attached hydrogens (tertiary/aromatic N) is 4. The molecule has 0 spiro atoms. The number of benzene rings is 1. The van der Waals surface area contributed by atoms with Gasteiger partial charge in [0, 0.05) is 42.5 Å². The van der Waals surface area contributed by atoms with Gasteiger partial charge in [-0.25, -0.2) is 4.79 Å². The maximum atomic E-state index is 13.9. The van der Waals surface area contributed by atoms with Crippen molar-refractivity contribution < 1.29 is 23.8 Å². The van der Waals surface area contributed by atoms with Gasteiger partial charge in [0.25, 0.3) is 5.91 Å². The minimum Gasteiger partial charge on any atom is -0.632 e. The number of likely N-dealkylation sites (N-methyl/N-ethyl adjacent to an activating group) is 1. The average molecular weight is 649 g/mol. The van der Waals surface area contributed by atoms with E-state index in [4.69, 9.17) is 4.74 Å². The van der Waals surface area contributed by atoms with Gasteiger partial charge in [-0.1, -0.05) is 32.9 Å². The fraction of sp³-hybridized carbons (Fsp3) is 0.471. The highest BCUT2D eigenvalue weighted by molar-refractivity contribution is 7.16. The van der Waals surface area contributed by atoms with Crippen molar-refractivity contribution in [1.82, 2.24) is 14.8 Å². The summed E-state index contributed by atoms with van der Waals surface area (Å²) in [4.78, 5) is 48.9. The maximum Gasteiger partial charge on any atom is 0.324 e. The summed E-state index contributed by atoms with van der Waals surface area (Å²) in [7, 11) is 1.74. The number of thiophene rings is 1. The van der Waals surface area contributed by atoms with E-state index in [0.717, 1.165) is 27.3 Å². The average Bonchev–Trinajstić information content (AvgIpc) is 3.42. The number of aromatic nitrogens is 1. The number of carbonyl (C=O) groups excluding carboxylic acids is 3. The summed E-state index contributed by atoms with van der Waals surface area (Å²) in [5.74, 6) is -0.418. The van der Waals surface area contributed by atoms with E-state index in [1.807, 2.05) is 43.3 Å². The molecule has 5 rings (SSSR count). The number of hydrogen-bond acceptors (Lipinski definition) is 7. The van der Waals surface area contributed by atoms with Crippen LogP contribution in [0.4, 0.5) is 15.5 Å². The van der Waals surface area contributed by atoms with Crippen LogP contribution in [0, 0.1) is 12.1 Å². The molecule has 0 radical (unpaired) electrons. The van der Waals surface area contributed by atoms with Crippen LogP contribution in [-0.2, 0) is 21.5 Å². The smallest absolute Gasteiger partial charge is 0.324 e. The largest absolute Gasteiger partial charge is 0.632 e. The first kappa shape index (κ1) is 33.5. The highest BCUT2D eigenvalue weighted by Crippen LogP contribution is 2.38. The van der Waals surface area contributed by atoms with Gasteiger partial charge in [0.05, 0.1) is 24.5 Å². The lowest BCUT2D eigenvalue weighted by atomic mass is 9.93. The highest BCUT2D eigenvalue weighted by atomic mass is 32.1. The molecular weight excluding hydrogens is 604 g/mol. The molecule has 12 heteroatoms. The fourth-order valence-corrected chi connectivity index (χ4v) is 6.91. The molecule has 3 aromatic rings. The summed E-state index contributed by atoms with van der Waals surface area (Å²) < 4.78 is 5.00. The van der Waals surface area contributed by atoms with Crippen LogP contribution in [0.5, 0.6) is 0 Å². The van der Waals surface area contributed by atoms with Gasteiger partial charge in [0.1, 0.15) is 30.2 Å². The molecule has 2 saturated heterocycles. The third-order valence-electron chi connectivity index (χ3n) is 8.75. The van der Waals surface area contributed by atoms with Gasteiger partial charge in [-0.3, -0.25) is 19.9 Å². The molecule has 2 fully saturated rings. The van der Waals surface area contributed by atoms with E-state index < -0.39 is 11.6 Å². The van der Waals surface area contributed by atoms with Crippen molar-refractivity contribution in [1.29, 1.82) is 0 Å². The molecule has 2 aromatic heterocycles. The number of carbonyl (C=O) groups is 3. The number of anilines is 2. The first-order valence-electron chi connectivity index (χ1n) is 15.6.